The molecule has 9 heteroatoms. The molecule has 0 aliphatic carbocycles. The number of amides is 1. The largest absolute Gasteiger partial charge is 0.495 e. The first-order chi connectivity index (χ1) is 18.6. The predicted octanol–water partition coefficient (Wildman–Crippen LogP) is 5.82. The van der Waals surface area contributed by atoms with Crippen LogP contribution in [0.25, 0.3) is 32.0 Å². The fraction of sp³-hybridized carbons (Fsp3) is 0.103. The molecule has 0 spiro atoms. The maximum atomic E-state index is 14.1. The SMILES string of the molecule is COc1ccc(OC)c2sc(N(Cc3cccnc3)C(=O)c3cc4c(ccc5ccccc54)oc3=O)nc12. The Hall–Kier alpha value is -4.76. The van der Waals surface area contributed by atoms with Gasteiger partial charge in [0.25, 0.3) is 5.91 Å². The van der Waals surface area contributed by atoms with E-state index in [2.05, 4.69) is 4.98 Å². The summed E-state index contributed by atoms with van der Waals surface area (Å²) in [5.41, 5.74) is 0.946. The van der Waals surface area contributed by atoms with Gasteiger partial charge in [0.2, 0.25) is 0 Å². The minimum atomic E-state index is -0.717. The van der Waals surface area contributed by atoms with Gasteiger partial charge < -0.3 is 13.9 Å². The highest BCUT2D eigenvalue weighted by molar-refractivity contribution is 7.22. The van der Waals surface area contributed by atoms with Crippen molar-refractivity contribution in [3.05, 3.63) is 101 Å². The van der Waals surface area contributed by atoms with Crippen molar-refractivity contribution in [3.63, 3.8) is 0 Å². The van der Waals surface area contributed by atoms with E-state index in [9.17, 15) is 9.59 Å². The second-order valence-electron chi connectivity index (χ2n) is 8.54. The maximum Gasteiger partial charge on any atom is 0.349 e. The molecule has 0 radical (unpaired) electrons. The highest BCUT2D eigenvalue weighted by Gasteiger charge is 2.27. The summed E-state index contributed by atoms with van der Waals surface area (Å²) in [5.74, 6) is 0.623. The van der Waals surface area contributed by atoms with Gasteiger partial charge in [-0.25, -0.2) is 9.78 Å². The Kier molecular flexibility index (Phi) is 5.97. The molecule has 0 atom stereocenters. The van der Waals surface area contributed by atoms with Crippen LogP contribution in [0.3, 0.4) is 0 Å². The zero-order valence-electron chi connectivity index (χ0n) is 20.5. The number of aromatic nitrogens is 2. The molecule has 6 aromatic rings. The van der Waals surface area contributed by atoms with Gasteiger partial charge in [-0.2, -0.15) is 0 Å². The molecule has 3 aromatic carbocycles. The van der Waals surface area contributed by atoms with Crippen LogP contribution >= 0.6 is 11.3 Å². The lowest BCUT2D eigenvalue weighted by atomic mass is 10.0. The third kappa shape index (κ3) is 4.03. The van der Waals surface area contributed by atoms with Gasteiger partial charge >= 0.3 is 5.63 Å². The number of hydrogen-bond acceptors (Lipinski definition) is 8. The highest BCUT2D eigenvalue weighted by atomic mass is 32.1. The van der Waals surface area contributed by atoms with Crippen LogP contribution in [0, 0.1) is 0 Å². The Morgan fingerprint density at radius 3 is 2.58 bits per heavy atom. The topological polar surface area (TPSA) is 94.8 Å². The number of thiazole rings is 1. The quantitative estimate of drug-likeness (QED) is 0.201. The summed E-state index contributed by atoms with van der Waals surface area (Å²) in [6.07, 6.45) is 3.33. The summed E-state index contributed by atoms with van der Waals surface area (Å²) in [6, 6.07) is 20.2. The molecule has 0 fully saturated rings. The molecule has 38 heavy (non-hydrogen) atoms. The number of carbonyl (C=O) groups is 1. The molecule has 0 aliphatic rings. The first-order valence-corrected chi connectivity index (χ1v) is 12.6. The van der Waals surface area contributed by atoms with Crippen molar-refractivity contribution in [2.45, 2.75) is 6.54 Å². The van der Waals surface area contributed by atoms with E-state index in [1.54, 1.807) is 56.9 Å². The Balaban J connectivity index is 1.54. The minimum absolute atomic E-state index is 0.0871. The Bertz CT molecular complexity index is 1840. The van der Waals surface area contributed by atoms with Crippen molar-refractivity contribution < 1.29 is 18.7 Å². The number of rotatable bonds is 6. The first kappa shape index (κ1) is 23.6. The van der Waals surface area contributed by atoms with E-state index in [-0.39, 0.29) is 12.1 Å². The van der Waals surface area contributed by atoms with Crippen LogP contribution in [-0.4, -0.2) is 30.1 Å². The number of anilines is 1. The van der Waals surface area contributed by atoms with Crippen molar-refractivity contribution in [3.8, 4) is 11.5 Å². The Morgan fingerprint density at radius 2 is 1.79 bits per heavy atom. The van der Waals surface area contributed by atoms with Crippen molar-refractivity contribution in [1.82, 2.24) is 9.97 Å². The molecule has 8 nitrogen and oxygen atoms in total. The molecule has 0 unspecified atom stereocenters. The Morgan fingerprint density at radius 1 is 0.974 bits per heavy atom. The van der Waals surface area contributed by atoms with Crippen molar-refractivity contribution in [2.24, 2.45) is 0 Å². The molecule has 0 N–H and O–H groups in total. The van der Waals surface area contributed by atoms with E-state index in [1.165, 1.54) is 16.2 Å². The summed E-state index contributed by atoms with van der Waals surface area (Å²) < 4.78 is 17.4. The van der Waals surface area contributed by atoms with Crippen LogP contribution in [0.1, 0.15) is 15.9 Å². The number of pyridine rings is 1. The summed E-state index contributed by atoms with van der Waals surface area (Å²) in [5, 5.41) is 2.93. The molecule has 6 rings (SSSR count). The number of nitrogens with zero attached hydrogens (tertiary/aromatic N) is 3. The average Bonchev–Trinajstić information content (AvgIpc) is 3.40. The molecular formula is C29H21N3O5S. The maximum absolute atomic E-state index is 14.1. The zero-order valence-corrected chi connectivity index (χ0v) is 21.3. The van der Waals surface area contributed by atoms with Crippen LogP contribution in [0.15, 0.2) is 88.3 Å². The lowest BCUT2D eigenvalue weighted by molar-refractivity contribution is 0.0981. The number of methoxy groups -OCH3 is 2. The van der Waals surface area contributed by atoms with Crippen molar-refractivity contribution in [1.29, 1.82) is 0 Å². The van der Waals surface area contributed by atoms with Crippen LogP contribution in [-0.2, 0) is 6.54 Å². The van der Waals surface area contributed by atoms with Crippen molar-refractivity contribution >= 4 is 54.3 Å². The second-order valence-corrected chi connectivity index (χ2v) is 9.52. The molecular weight excluding hydrogens is 502 g/mol. The van der Waals surface area contributed by atoms with Gasteiger partial charge in [-0.15, -0.1) is 0 Å². The lowest BCUT2D eigenvalue weighted by Crippen LogP contribution is -2.33. The molecule has 0 bridgehead atoms. The molecule has 3 aromatic heterocycles. The van der Waals surface area contributed by atoms with E-state index in [0.29, 0.717) is 33.1 Å². The smallest absolute Gasteiger partial charge is 0.349 e. The minimum Gasteiger partial charge on any atom is -0.495 e. The number of fused-ring (bicyclic) bond motifs is 4. The zero-order chi connectivity index (χ0) is 26.2. The normalized spacial score (nSPS) is 11.2. The fourth-order valence-corrected chi connectivity index (χ4v) is 5.53. The summed E-state index contributed by atoms with van der Waals surface area (Å²) in [4.78, 5) is 37.6. The second kappa shape index (κ2) is 9.60. The van der Waals surface area contributed by atoms with E-state index in [4.69, 9.17) is 18.9 Å². The van der Waals surface area contributed by atoms with E-state index < -0.39 is 11.5 Å². The van der Waals surface area contributed by atoms with Gasteiger partial charge in [0.1, 0.15) is 32.9 Å². The van der Waals surface area contributed by atoms with E-state index >= 15 is 0 Å². The molecule has 0 aliphatic heterocycles. The third-order valence-electron chi connectivity index (χ3n) is 6.31. The van der Waals surface area contributed by atoms with Crippen LogP contribution in [0.5, 0.6) is 11.5 Å². The average molecular weight is 524 g/mol. The summed E-state index contributed by atoms with van der Waals surface area (Å²) in [6.45, 7) is 0.143. The standard InChI is InChI=1S/C29H21N3O5S/c1-35-23-11-12-24(36-2)26-25(23)31-29(38-26)32(16-17-6-5-13-30-15-17)27(33)21-14-20-19-8-4-3-7-18(19)9-10-22(20)37-28(21)34/h3-15H,16H2,1-2H3. The molecule has 188 valence electrons. The lowest BCUT2D eigenvalue weighted by Gasteiger charge is -2.19. The molecule has 0 saturated carbocycles. The van der Waals surface area contributed by atoms with Gasteiger partial charge in [0.15, 0.2) is 5.13 Å². The summed E-state index contributed by atoms with van der Waals surface area (Å²) in [7, 11) is 3.13. The molecule has 1 amide bonds. The van der Waals surface area contributed by atoms with Gasteiger partial charge in [-0.3, -0.25) is 14.7 Å². The number of hydrogen-bond donors (Lipinski definition) is 0. The van der Waals surface area contributed by atoms with Gasteiger partial charge in [0, 0.05) is 17.8 Å². The fourth-order valence-electron chi connectivity index (χ4n) is 4.46. The monoisotopic (exact) mass is 523 g/mol. The van der Waals surface area contributed by atoms with Crippen LogP contribution in [0.2, 0.25) is 0 Å². The highest BCUT2D eigenvalue weighted by Crippen LogP contribution is 2.40. The number of ether oxygens (including phenoxy) is 2. The Labute approximate surface area is 220 Å². The van der Waals surface area contributed by atoms with Crippen LogP contribution in [0.4, 0.5) is 5.13 Å². The third-order valence-corrected chi connectivity index (χ3v) is 7.40. The van der Waals surface area contributed by atoms with Gasteiger partial charge in [0.05, 0.1) is 20.8 Å². The van der Waals surface area contributed by atoms with Gasteiger partial charge in [-0.1, -0.05) is 47.7 Å². The number of carbonyl (C=O) groups excluding carboxylic acids is 1. The van der Waals surface area contributed by atoms with Gasteiger partial charge in [-0.05, 0) is 46.7 Å². The summed E-state index contributed by atoms with van der Waals surface area (Å²) >= 11 is 1.28. The van der Waals surface area contributed by atoms with E-state index in [0.717, 1.165) is 21.0 Å². The first-order valence-electron chi connectivity index (χ1n) is 11.8. The molecule has 0 saturated heterocycles. The van der Waals surface area contributed by atoms with Crippen molar-refractivity contribution in [2.75, 3.05) is 19.1 Å². The predicted molar refractivity (Wildman–Crippen MR) is 147 cm³/mol. The van der Waals surface area contributed by atoms with E-state index in [1.807, 2.05) is 36.4 Å². The molecule has 3 heterocycles. The van der Waals surface area contributed by atoms with Crippen LogP contribution < -0.4 is 20.0 Å². The number of benzene rings is 3.